The van der Waals surface area contributed by atoms with E-state index in [1.807, 2.05) is 19.1 Å². The second-order valence-corrected chi connectivity index (χ2v) is 7.55. The third kappa shape index (κ3) is 3.40. The fraction of sp³-hybridized carbons (Fsp3) is 0.429. The molecule has 2 atom stereocenters. The molecular formula is C21H25ClFNO2. The maximum atomic E-state index is 13.9. The van der Waals surface area contributed by atoms with Crippen LogP contribution in [0.5, 0.6) is 5.75 Å². The highest BCUT2D eigenvalue weighted by atomic mass is 35.5. The molecule has 2 aromatic rings. The fourth-order valence-corrected chi connectivity index (χ4v) is 4.14. The fourth-order valence-electron chi connectivity index (χ4n) is 3.95. The van der Waals surface area contributed by atoms with Gasteiger partial charge in [0.25, 0.3) is 0 Å². The third-order valence-electron chi connectivity index (χ3n) is 5.58. The maximum absolute atomic E-state index is 13.9. The first-order valence-electron chi connectivity index (χ1n) is 8.87. The molecule has 0 aromatic heterocycles. The van der Waals surface area contributed by atoms with Gasteiger partial charge in [0.15, 0.2) is 0 Å². The maximum Gasteiger partial charge on any atom is 0.149 e. The molecule has 1 aliphatic carbocycles. The summed E-state index contributed by atoms with van der Waals surface area (Å²) < 4.78 is 25.7. The van der Waals surface area contributed by atoms with Crippen LogP contribution >= 0.6 is 11.6 Å². The Morgan fingerprint density at radius 3 is 2.81 bits per heavy atom. The molecule has 26 heavy (non-hydrogen) atoms. The van der Waals surface area contributed by atoms with E-state index in [1.54, 1.807) is 13.2 Å². The van der Waals surface area contributed by atoms with Crippen LogP contribution in [0.1, 0.15) is 36.5 Å². The van der Waals surface area contributed by atoms with Gasteiger partial charge in [-0.1, -0.05) is 17.7 Å². The molecule has 5 heteroatoms. The van der Waals surface area contributed by atoms with Gasteiger partial charge in [0.05, 0.1) is 17.2 Å². The number of nitrogens with two attached hydrogens (primary N) is 1. The van der Waals surface area contributed by atoms with Crippen LogP contribution < -0.4 is 10.5 Å². The zero-order valence-corrected chi connectivity index (χ0v) is 16.2. The molecule has 0 amide bonds. The molecule has 0 bridgehead atoms. The Bertz CT molecular complexity index is 811. The molecule has 0 spiro atoms. The van der Waals surface area contributed by atoms with Gasteiger partial charge in [0.2, 0.25) is 0 Å². The molecule has 0 heterocycles. The van der Waals surface area contributed by atoms with Gasteiger partial charge in [-0.05, 0) is 68.0 Å². The number of methoxy groups -OCH3 is 1. The van der Waals surface area contributed by atoms with E-state index in [4.69, 9.17) is 26.8 Å². The van der Waals surface area contributed by atoms with E-state index in [9.17, 15) is 4.39 Å². The summed E-state index contributed by atoms with van der Waals surface area (Å²) in [5, 5.41) is 0.738. The molecule has 0 saturated heterocycles. The van der Waals surface area contributed by atoms with E-state index in [0.29, 0.717) is 12.4 Å². The van der Waals surface area contributed by atoms with Crippen molar-refractivity contribution in [2.45, 2.75) is 44.6 Å². The standard InChI is InChI=1S/C21H25ClFNO2/c1-13-9-19(24)18(23)11-20(13)26-12-21(14(2)25-3)8-4-5-15-10-16(22)6-7-17(15)21/h6-7,9-11,14H,4-5,8,12,24H2,1-3H3/t14?,21-/m1/s1. The Balaban J connectivity index is 1.97. The number of benzene rings is 2. The summed E-state index contributed by atoms with van der Waals surface area (Å²) in [6.45, 7) is 4.33. The zero-order chi connectivity index (χ0) is 18.9. The van der Waals surface area contributed by atoms with E-state index in [1.165, 1.54) is 17.2 Å². The molecule has 1 aliphatic rings. The van der Waals surface area contributed by atoms with Crippen molar-refractivity contribution >= 4 is 17.3 Å². The Morgan fingerprint density at radius 2 is 2.08 bits per heavy atom. The smallest absolute Gasteiger partial charge is 0.149 e. The Morgan fingerprint density at radius 1 is 1.31 bits per heavy atom. The second-order valence-electron chi connectivity index (χ2n) is 7.12. The number of anilines is 1. The lowest BCUT2D eigenvalue weighted by atomic mass is 9.67. The van der Waals surface area contributed by atoms with Gasteiger partial charge in [-0.15, -0.1) is 0 Å². The number of aryl methyl sites for hydroxylation is 2. The van der Waals surface area contributed by atoms with Crippen molar-refractivity contribution in [3.63, 3.8) is 0 Å². The molecule has 1 unspecified atom stereocenters. The summed E-state index contributed by atoms with van der Waals surface area (Å²) in [4.78, 5) is 0. The molecule has 0 fully saturated rings. The first-order valence-corrected chi connectivity index (χ1v) is 9.25. The molecule has 2 aromatic carbocycles. The molecule has 3 nitrogen and oxygen atoms in total. The summed E-state index contributed by atoms with van der Waals surface area (Å²) in [6, 6.07) is 8.98. The summed E-state index contributed by atoms with van der Waals surface area (Å²) in [5.74, 6) is 0.0516. The van der Waals surface area contributed by atoms with E-state index in [2.05, 4.69) is 13.0 Å². The monoisotopic (exact) mass is 377 g/mol. The average molecular weight is 378 g/mol. The average Bonchev–Trinajstić information content (AvgIpc) is 2.62. The number of ether oxygens (including phenoxy) is 2. The normalized spacial score (nSPS) is 20.5. The lowest BCUT2D eigenvalue weighted by molar-refractivity contribution is 0.0109. The minimum absolute atomic E-state index is 0.0540. The summed E-state index contributed by atoms with van der Waals surface area (Å²) in [7, 11) is 1.71. The highest BCUT2D eigenvalue weighted by molar-refractivity contribution is 6.30. The highest BCUT2D eigenvalue weighted by Crippen LogP contribution is 2.42. The first-order chi connectivity index (χ1) is 12.4. The minimum atomic E-state index is -0.463. The van der Waals surface area contributed by atoms with E-state index in [-0.39, 0.29) is 17.2 Å². The van der Waals surface area contributed by atoms with Crippen LogP contribution in [0.3, 0.4) is 0 Å². The van der Waals surface area contributed by atoms with Gasteiger partial charge >= 0.3 is 0 Å². The summed E-state index contributed by atoms with van der Waals surface area (Å²) >= 11 is 6.19. The van der Waals surface area contributed by atoms with Crippen molar-refractivity contribution in [2.75, 3.05) is 19.5 Å². The molecule has 140 valence electrons. The zero-order valence-electron chi connectivity index (χ0n) is 15.4. The number of hydrogen-bond donors (Lipinski definition) is 1. The molecule has 0 aliphatic heterocycles. The number of fused-ring (bicyclic) bond motifs is 1. The Labute approximate surface area is 159 Å². The van der Waals surface area contributed by atoms with Crippen molar-refractivity contribution in [1.29, 1.82) is 0 Å². The van der Waals surface area contributed by atoms with Crippen molar-refractivity contribution in [3.05, 3.63) is 57.9 Å². The topological polar surface area (TPSA) is 44.5 Å². The van der Waals surface area contributed by atoms with Crippen LogP contribution in [0.4, 0.5) is 10.1 Å². The van der Waals surface area contributed by atoms with Gasteiger partial charge in [0.1, 0.15) is 18.2 Å². The van der Waals surface area contributed by atoms with Crippen molar-refractivity contribution < 1.29 is 13.9 Å². The van der Waals surface area contributed by atoms with Crippen LogP contribution in [0.15, 0.2) is 30.3 Å². The van der Waals surface area contributed by atoms with Gasteiger partial charge in [-0.2, -0.15) is 0 Å². The lowest BCUT2D eigenvalue weighted by Crippen LogP contribution is -2.46. The van der Waals surface area contributed by atoms with Crippen LogP contribution in [0.2, 0.25) is 5.02 Å². The summed E-state index contributed by atoms with van der Waals surface area (Å²) in [6.07, 6.45) is 2.90. The van der Waals surface area contributed by atoms with Crippen molar-refractivity contribution in [1.82, 2.24) is 0 Å². The van der Waals surface area contributed by atoms with Gasteiger partial charge in [0, 0.05) is 18.2 Å². The highest BCUT2D eigenvalue weighted by Gasteiger charge is 2.42. The number of rotatable bonds is 5. The molecule has 3 rings (SSSR count). The SMILES string of the molecule is COC(C)[C@]1(COc2cc(F)c(N)cc2C)CCCc2cc(Cl)ccc21. The Hall–Kier alpha value is -1.78. The predicted molar refractivity (Wildman–Crippen MR) is 104 cm³/mol. The summed E-state index contributed by atoms with van der Waals surface area (Å²) in [5.41, 5.74) is 8.72. The van der Waals surface area contributed by atoms with Gasteiger partial charge < -0.3 is 15.2 Å². The molecule has 0 radical (unpaired) electrons. The minimum Gasteiger partial charge on any atom is -0.492 e. The second kappa shape index (κ2) is 7.45. The molecule has 0 saturated carbocycles. The third-order valence-corrected chi connectivity index (χ3v) is 5.82. The van der Waals surface area contributed by atoms with E-state index < -0.39 is 5.82 Å². The quantitative estimate of drug-likeness (QED) is 0.741. The van der Waals surface area contributed by atoms with Gasteiger partial charge in [-0.3, -0.25) is 0 Å². The largest absolute Gasteiger partial charge is 0.492 e. The number of hydrogen-bond acceptors (Lipinski definition) is 3. The van der Waals surface area contributed by atoms with Crippen molar-refractivity contribution in [3.8, 4) is 5.75 Å². The number of halogens is 2. The number of nitrogen functional groups attached to an aromatic ring is 1. The first kappa shape index (κ1) is 19.0. The van der Waals surface area contributed by atoms with Gasteiger partial charge in [-0.25, -0.2) is 4.39 Å². The van der Waals surface area contributed by atoms with Crippen LogP contribution in [0.25, 0.3) is 0 Å². The Kier molecular flexibility index (Phi) is 5.44. The van der Waals surface area contributed by atoms with E-state index in [0.717, 1.165) is 29.8 Å². The van der Waals surface area contributed by atoms with E-state index >= 15 is 0 Å². The molecule has 2 N–H and O–H groups in total. The van der Waals surface area contributed by atoms with Crippen LogP contribution in [0, 0.1) is 12.7 Å². The lowest BCUT2D eigenvalue weighted by Gasteiger charge is -2.42. The molecular weight excluding hydrogens is 353 g/mol. The van der Waals surface area contributed by atoms with Crippen molar-refractivity contribution in [2.24, 2.45) is 0 Å². The predicted octanol–water partition coefficient (Wildman–Crippen LogP) is 5.06. The van der Waals surface area contributed by atoms with Crippen LogP contribution in [-0.4, -0.2) is 19.8 Å². The van der Waals surface area contributed by atoms with Crippen LogP contribution in [-0.2, 0) is 16.6 Å².